The van der Waals surface area contributed by atoms with Crippen LogP contribution in [0.1, 0.15) is 44.1 Å². The summed E-state index contributed by atoms with van der Waals surface area (Å²) in [7, 11) is 1.68. The molecule has 1 aliphatic rings. The van der Waals surface area contributed by atoms with Crippen LogP contribution < -0.4 is 15.2 Å². The first-order valence-electron chi connectivity index (χ1n) is 7.47. The SMILES string of the molecule is COc1cc(CCCCN)c(Cl)cc1OC1CCCC1. The van der Waals surface area contributed by atoms with E-state index < -0.39 is 0 Å². The molecule has 0 bridgehead atoms. The highest BCUT2D eigenvalue weighted by Gasteiger charge is 2.19. The van der Waals surface area contributed by atoms with Crippen LogP contribution in [0, 0.1) is 0 Å². The third kappa shape index (κ3) is 4.03. The first-order chi connectivity index (χ1) is 9.74. The highest BCUT2D eigenvalue weighted by atomic mass is 35.5. The Morgan fingerprint density at radius 3 is 2.60 bits per heavy atom. The van der Waals surface area contributed by atoms with Crippen LogP contribution in [0.2, 0.25) is 5.02 Å². The number of aryl methyl sites for hydroxylation is 1. The quantitative estimate of drug-likeness (QED) is 0.775. The number of nitrogens with two attached hydrogens (primary N) is 1. The molecule has 0 aliphatic heterocycles. The van der Waals surface area contributed by atoms with Crippen molar-refractivity contribution in [2.24, 2.45) is 5.73 Å². The van der Waals surface area contributed by atoms with Crippen LogP contribution in [0.25, 0.3) is 0 Å². The van der Waals surface area contributed by atoms with Crippen molar-refractivity contribution in [3.63, 3.8) is 0 Å². The van der Waals surface area contributed by atoms with Crippen molar-refractivity contribution in [3.05, 3.63) is 22.7 Å². The minimum Gasteiger partial charge on any atom is -0.493 e. The van der Waals surface area contributed by atoms with Gasteiger partial charge in [-0.25, -0.2) is 0 Å². The number of halogens is 1. The number of benzene rings is 1. The molecule has 1 aromatic rings. The predicted molar refractivity (Wildman–Crippen MR) is 82.9 cm³/mol. The van der Waals surface area contributed by atoms with Crippen LogP contribution in [0.3, 0.4) is 0 Å². The zero-order chi connectivity index (χ0) is 14.4. The van der Waals surface area contributed by atoms with Crippen molar-refractivity contribution < 1.29 is 9.47 Å². The number of rotatable bonds is 7. The molecule has 0 aromatic heterocycles. The predicted octanol–water partition coefficient (Wildman–Crippen LogP) is 3.95. The van der Waals surface area contributed by atoms with Crippen LogP contribution in [0.5, 0.6) is 11.5 Å². The fraction of sp³-hybridized carbons (Fsp3) is 0.625. The Morgan fingerprint density at radius 2 is 1.95 bits per heavy atom. The summed E-state index contributed by atoms with van der Waals surface area (Å²) in [5, 5.41) is 0.760. The molecule has 2 rings (SSSR count). The Balaban J connectivity index is 2.09. The Hall–Kier alpha value is -0.930. The van der Waals surface area contributed by atoms with E-state index in [4.69, 9.17) is 26.8 Å². The molecule has 1 aliphatic carbocycles. The van der Waals surface area contributed by atoms with Gasteiger partial charge in [0.1, 0.15) is 0 Å². The van der Waals surface area contributed by atoms with Gasteiger partial charge in [-0.3, -0.25) is 0 Å². The van der Waals surface area contributed by atoms with Gasteiger partial charge in [0.2, 0.25) is 0 Å². The summed E-state index contributed by atoms with van der Waals surface area (Å²) in [6.45, 7) is 0.720. The van der Waals surface area contributed by atoms with E-state index in [1.54, 1.807) is 7.11 Å². The summed E-state index contributed by atoms with van der Waals surface area (Å²) >= 11 is 6.36. The van der Waals surface area contributed by atoms with E-state index in [2.05, 4.69) is 0 Å². The molecule has 1 saturated carbocycles. The minimum atomic E-state index is 0.308. The zero-order valence-electron chi connectivity index (χ0n) is 12.2. The third-order valence-electron chi connectivity index (χ3n) is 3.83. The highest BCUT2D eigenvalue weighted by molar-refractivity contribution is 6.31. The summed E-state index contributed by atoms with van der Waals surface area (Å²) < 4.78 is 11.5. The van der Waals surface area contributed by atoms with Crippen molar-refractivity contribution >= 4 is 11.6 Å². The Morgan fingerprint density at radius 1 is 1.20 bits per heavy atom. The average Bonchev–Trinajstić information content (AvgIpc) is 2.94. The number of hydrogen-bond acceptors (Lipinski definition) is 3. The smallest absolute Gasteiger partial charge is 0.163 e. The van der Waals surface area contributed by atoms with E-state index in [9.17, 15) is 0 Å². The fourth-order valence-corrected chi connectivity index (χ4v) is 2.91. The lowest BCUT2D eigenvalue weighted by atomic mass is 10.1. The molecule has 0 spiro atoms. The molecular formula is C16H24ClNO2. The summed E-state index contributed by atoms with van der Waals surface area (Å²) in [6, 6.07) is 3.90. The molecule has 1 fully saturated rings. The van der Waals surface area contributed by atoms with E-state index >= 15 is 0 Å². The monoisotopic (exact) mass is 297 g/mol. The summed E-state index contributed by atoms with van der Waals surface area (Å²) in [5.41, 5.74) is 6.63. The lowest BCUT2D eigenvalue weighted by Gasteiger charge is -2.17. The maximum atomic E-state index is 6.36. The lowest BCUT2D eigenvalue weighted by molar-refractivity contribution is 0.200. The highest BCUT2D eigenvalue weighted by Crippen LogP contribution is 2.36. The third-order valence-corrected chi connectivity index (χ3v) is 4.18. The number of unbranched alkanes of at least 4 members (excludes halogenated alkanes) is 1. The molecule has 0 heterocycles. The second kappa shape index (κ2) is 7.75. The van der Waals surface area contributed by atoms with Crippen molar-refractivity contribution in [1.29, 1.82) is 0 Å². The minimum absolute atomic E-state index is 0.308. The molecule has 0 radical (unpaired) electrons. The molecular weight excluding hydrogens is 274 g/mol. The van der Waals surface area contributed by atoms with Crippen molar-refractivity contribution in [3.8, 4) is 11.5 Å². The largest absolute Gasteiger partial charge is 0.493 e. The van der Waals surface area contributed by atoms with E-state index in [1.165, 1.54) is 12.8 Å². The van der Waals surface area contributed by atoms with Crippen LogP contribution in [0.4, 0.5) is 0 Å². The number of ether oxygens (including phenoxy) is 2. The van der Waals surface area contributed by atoms with Crippen LogP contribution in [0.15, 0.2) is 12.1 Å². The molecule has 0 atom stereocenters. The Kier molecular flexibility index (Phi) is 5.99. The average molecular weight is 298 g/mol. The molecule has 0 amide bonds. The maximum absolute atomic E-state index is 6.36. The van der Waals surface area contributed by atoms with Crippen molar-refractivity contribution in [1.82, 2.24) is 0 Å². The van der Waals surface area contributed by atoms with E-state index in [0.29, 0.717) is 6.10 Å². The lowest BCUT2D eigenvalue weighted by Crippen LogP contribution is -2.11. The molecule has 4 heteroatoms. The Labute approximate surface area is 126 Å². The Bertz CT molecular complexity index is 431. The second-order valence-corrected chi connectivity index (χ2v) is 5.77. The topological polar surface area (TPSA) is 44.5 Å². The van der Waals surface area contributed by atoms with Crippen LogP contribution in [-0.2, 0) is 6.42 Å². The maximum Gasteiger partial charge on any atom is 0.163 e. The van der Waals surface area contributed by atoms with Gasteiger partial charge in [-0.1, -0.05) is 11.6 Å². The first kappa shape index (κ1) is 15.5. The van der Waals surface area contributed by atoms with Crippen molar-refractivity contribution in [2.45, 2.75) is 51.0 Å². The van der Waals surface area contributed by atoms with Gasteiger partial charge in [0.15, 0.2) is 11.5 Å². The van der Waals surface area contributed by atoms with E-state index in [0.717, 1.165) is 60.7 Å². The van der Waals surface area contributed by atoms with Gasteiger partial charge in [-0.05, 0) is 63.1 Å². The summed E-state index contributed by atoms with van der Waals surface area (Å²) in [6.07, 6.45) is 8.04. The second-order valence-electron chi connectivity index (χ2n) is 5.36. The van der Waals surface area contributed by atoms with Gasteiger partial charge in [-0.15, -0.1) is 0 Å². The molecule has 1 aromatic carbocycles. The normalized spacial score (nSPS) is 15.6. The molecule has 0 unspecified atom stereocenters. The van der Waals surface area contributed by atoms with E-state index in [1.807, 2.05) is 12.1 Å². The first-order valence-corrected chi connectivity index (χ1v) is 7.85. The number of hydrogen-bond donors (Lipinski definition) is 1. The summed E-state index contributed by atoms with van der Waals surface area (Å²) in [5.74, 6) is 1.55. The standard InChI is InChI=1S/C16H24ClNO2/c1-19-15-10-12(6-4-5-9-18)14(17)11-16(15)20-13-7-2-3-8-13/h10-11,13H,2-9,18H2,1H3. The van der Waals surface area contributed by atoms with E-state index in [-0.39, 0.29) is 0 Å². The van der Waals surface area contributed by atoms with Gasteiger partial charge < -0.3 is 15.2 Å². The van der Waals surface area contributed by atoms with Gasteiger partial charge in [0.05, 0.1) is 13.2 Å². The van der Waals surface area contributed by atoms with Crippen LogP contribution >= 0.6 is 11.6 Å². The zero-order valence-corrected chi connectivity index (χ0v) is 12.9. The molecule has 3 nitrogen and oxygen atoms in total. The molecule has 2 N–H and O–H groups in total. The van der Waals surface area contributed by atoms with Gasteiger partial charge >= 0.3 is 0 Å². The molecule has 112 valence electrons. The van der Waals surface area contributed by atoms with Gasteiger partial charge in [0.25, 0.3) is 0 Å². The molecule has 20 heavy (non-hydrogen) atoms. The van der Waals surface area contributed by atoms with Gasteiger partial charge in [0, 0.05) is 11.1 Å². The number of methoxy groups -OCH3 is 1. The van der Waals surface area contributed by atoms with Crippen LogP contribution in [-0.4, -0.2) is 19.8 Å². The van der Waals surface area contributed by atoms with Gasteiger partial charge in [-0.2, -0.15) is 0 Å². The van der Waals surface area contributed by atoms with Crippen molar-refractivity contribution in [2.75, 3.05) is 13.7 Å². The molecule has 0 saturated heterocycles. The fourth-order valence-electron chi connectivity index (χ4n) is 2.67. The summed E-state index contributed by atoms with van der Waals surface area (Å²) in [4.78, 5) is 0.